The van der Waals surface area contributed by atoms with Crippen molar-refractivity contribution in [2.24, 2.45) is 4.99 Å². The van der Waals surface area contributed by atoms with Gasteiger partial charge in [0.25, 0.3) is 0 Å². The Hall–Kier alpha value is -2.54. The molecule has 2 aliphatic rings. The van der Waals surface area contributed by atoms with E-state index in [1.54, 1.807) is 25.8 Å². The lowest BCUT2D eigenvalue weighted by Gasteiger charge is -2.36. The van der Waals surface area contributed by atoms with Crippen molar-refractivity contribution in [3.8, 4) is 0 Å². The van der Waals surface area contributed by atoms with E-state index in [1.165, 1.54) is 4.90 Å². The highest BCUT2D eigenvalue weighted by atomic mass is 19.3. The summed E-state index contributed by atoms with van der Waals surface area (Å²) >= 11 is 0. The first-order chi connectivity index (χ1) is 13.5. The number of nitrogens with zero attached hydrogens (tertiary/aromatic N) is 3. The van der Waals surface area contributed by atoms with E-state index in [4.69, 9.17) is 0 Å². The second kappa shape index (κ2) is 7.71. The van der Waals surface area contributed by atoms with E-state index in [0.29, 0.717) is 18.0 Å². The fourth-order valence-corrected chi connectivity index (χ4v) is 3.41. The minimum atomic E-state index is -2.74. The van der Waals surface area contributed by atoms with Gasteiger partial charge in [0, 0.05) is 37.7 Å². The van der Waals surface area contributed by atoms with Crippen LogP contribution < -0.4 is 0 Å². The quantitative estimate of drug-likeness (QED) is 0.746. The second-order valence-corrected chi connectivity index (χ2v) is 8.22. The Morgan fingerprint density at radius 1 is 1.21 bits per heavy atom. The van der Waals surface area contributed by atoms with Crippen LogP contribution in [0.3, 0.4) is 0 Å². The molecule has 2 aliphatic heterocycles. The molecule has 156 valence electrons. The van der Waals surface area contributed by atoms with E-state index in [2.05, 4.69) is 4.99 Å². The van der Waals surface area contributed by atoms with Gasteiger partial charge in [0.2, 0.25) is 5.92 Å². The van der Waals surface area contributed by atoms with Gasteiger partial charge >= 0.3 is 6.03 Å². The number of amides is 2. The molecule has 0 aromatic heterocycles. The fourth-order valence-electron chi connectivity index (χ4n) is 3.41. The van der Waals surface area contributed by atoms with Gasteiger partial charge in [0.1, 0.15) is 5.84 Å². The molecule has 5 nitrogen and oxygen atoms in total. The van der Waals surface area contributed by atoms with E-state index in [0.717, 1.165) is 23.7 Å². The number of aliphatic hydroxyl groups is 1. The van der Waals surface area contributed by atoms with E-state index in [1.807, 2.05) is 36.4 Å². The smallest absolute Gasteiger partial charge is 0.329 e. The van der Waals surface area contributed by atoms with Crippen LogP contribution in [0.2, 0.25) is 0 Å². The summed E-state index contributed by atoms with van der Waals surface area (Å²) in [4.78, 5) is 20.5. The predicted molar refractivity (Wildman–Crippen MR) is 110 cm³/mol. The standard InChI is InChI=1S/C22H27F2N3O2/c1-21(2,29)16-8-5-7-15(13-16)18-10-9-17-14-19(25-18)26(4)20(28)27(17)12-6-11-22(3,23)24/h5,7-10,13,29H,6,11-12,14H2,1-4H3. The number of carbonyl (C=O) groups excluding carboxylic acids is 1. The van der Waals surface area contributed by atoms with Crippen LogP contribution in [0, 0.1) is 0 Å². The summed E-state index contributed by atoms with van der Waals surface area (Å²) < 4.78 is 26.3. The first-order valence-electron chi connectivity index (χ1n) is 9.70. The highest BCUT2D eigenvalue weighted by Gasteiger charge is 2.33. The Kier molecular flexibility index (Phi) is 5.63. The Morgan fingerprint density at radius 3 is 2.59 bits per heavy atom. The molecule has 7 heteroatoms. The Bertz CT molecular complexity index is 892. The van der Waals surface area contributed by atoms with Crippen molar-refractivity contribution in [2.75, 3.05) is 13.6 Å². The van der Waals surface area contributed by atoms with Gasteiger partial charge in [-0.1, -0.05) is 18.2 Å². The SMILES string of the molecule is CN1C(=O)N(CCCC(C)(F)F)C2=CC=C(c3cccc(C(C)(C)O)c3)N=C1C2. The van der Waals surface area contributed by atoms with E-state index in [9.17, 15) is 18.7 Å². The average molecular weight is 403 g/mol. The zero-order valence-corrected chi connectivity index (χ0v) is 17.2. The number of aliphatic imine (C=N–C) groups is 1. The molecule has 0 spiro atoms. The zero-order chi connectivity index (χ0) is 21.4. The molecule has 3 rings (SSSR count). The van der Waals surface area contributed by atoms with Crippen molar-refractivity contribution in [2.45, 2.75) is 51.6 Å². The highest BCUT2D eigenvalue weighted by molar-refractivity contribution is 6.04. The van der Waals surface area contributed by atoms with Gasteiger partial charge < -0.3 is 5.11 Å². The lowest BCUT2D eigenvalue weighted by molar-refractivity contribution is 0.00944. The summed E-state index contributed by atoms with van der Waals surface area (Å²) in [6.07, 6.45) is 4.07. The molecule has 2 heterocycles. The van der Waals surface area contributed by atoms with Gasteiger partial charge in [0.15, 0.2) is 0 Å². The molecule has 1 aromatic carbocycles. The van der Waals surface area contributed by atoms with Gasteiger partial charge in [-0.3, -0.25) is 9.80 Å². The molecule has 2 amide bonds. The van der Waals surface area contributed by atoms with Gasteiger partial charge in [-0.05, 0) is 51.0 Å². The molecular formula is C22H27F2N3O2. The van der Waals surface area contributed by atoms with E-state index >= 15 is 0 Å². The number of alkyl halides is 2. The predicted octanol–water partition coefficient (Wildman–Crippen LogP) is 4.74. The molecule has 0 saturated carbocycles. The number of urea groups is 1. The van der Waals surface area contributed by atoms with Gasteiger partial charge in [-0.2, -0.15) is 0 Å². The van der Waals surface area contributed by atoms with Crippen LogP contribution >= 0.6 is 0 Å². The maximum absolute atomic E-state index is 13.1. The number of amidine groups is 1. The van der Waals surface area contributed by atoms with Crippen molar-refractivity contribution in [3.63, 3.8) is 0 Å². The topological polar surface area (TPSA) is 56.1 Å². The average Bonchev–Trinajstić information content (AvgIpc) is 2.83. The van der Waals surface area contributed by atoms with Gasteiger partial charge in [0.05, 0.1) is 11.3 Å². The molecule has 0 unspecified atom stereocenters. The summed E-state index contributed by atoms with van der Waals surface area (Å²) in [5.41, 5.74) is 2.05. The van der Waals surface area contributed by atoms with Crippen LogP contribution in [0.1, 0.15) is 51.2 Å². The van der Waals surface area contributed by atoms with Crippen molar-refractivity contribution < 1.29 is 18.7 Å². The number of rotatable bonds is 6. The number of benzene rings is 1. The van der Waals surface area contributed by atoms with E-state index in [-0.39, 0.29) is 25.4 Å². The second-order valence-electron chi connectivity index (χ2n) is 8.22. The number of halogens is 2. The third-order valence-corrected chi connectivity index (χ3v) is 5.14. The highest BCUT2D eigenvalue weighted by Crippen LogP contribution is 2.30. The first-order valence-corrected chi connectivity index (χ1v) is 9.70. The maximum Gasteiger partial charge on any atom is 0.329 e. The minimum absolute atomic E-state index is 0.219. The minimum Gasteiger partial charge on any atom is -0.386 e. The summed E-state index contributed by atoms with van der Waals surface area (Å²) in [5.74, 6) is -2.14. The normalized spacial score (nSPS) is 17.6. The summed E-state index contributed by atoms with van der Waals surface area (Å²) in [7, 11) is 1.65. The van der Waals surface area contributed by atoms with Crippen LogP contribution in [0.25, 0.3) is 5.70 Å². The van der Waals surface area contributed by atoms with E-state index < -0.39 is 11.5 Å². The van der Waals surface area contributed by atoms with Crippen LogP contribution in [-0.2, 0) is 5.60 Å². The maximum atomic E-state index is 13.1. The fraction of sp³-hybridized carbons (Fsp3) is 0.455. The van der Waals surface area contributed by atoms with Crippen molar-refractivity contribution in [1.82, 2.24) is 9.80 Å². The molecule has 0 radical (unpaired) electrons. The molecule has 29 heavy (non-hydrogen) atoms. The van der Waals surface area contributed by atoms with Crippen molar-refractivity contribution in [1.29, 1.82) is 0 Å². The van der Waals surface area contributed by atoms with Crippen LogP contribution in [-0.4, -0.2) is 46.3 Å². The summed E-state index contributed by atoms with van der Waals surface area (Å²) in [5, 5.41) is 10.3. The lowest BCUT2D eigenvalue weighted by Crippen LogP contribution is -2.49. The van der Waals surface area contributed by atoms with Gasteiger partial charge in [-0.15, -0.1) is 0 Å². The monoisotopic (exact) mass is 403 g/mol. The Morgan fingerprint density at radius 2 is 1.93 bits per heavy atom. The van der Waals surface area contributed by atoms with Crippen LogP contribution in [0.4, 0.5) is 13.6 Å². The molecular weight excluding hydrogens is 376 g/mol. The Balaban J connectivity index is 1.90. The molecule has 1 saturated heterocycles. The Labute approximate surface area is 170 Å². The molecule has 0 atom stereocenters. The van der Waals surface area contributed by atoms with Gasteiger partial charge in [-0.25, -0.2) is 18.6 Å². The number of carbonyl (C=O) groups is 1. The zero-order valence-electron chi connectivity index (χ0n) is 17.2. The number of allylic oxidation sites excluding steroid dienone is 2. The lowest BCUT2D eigenvalue weighted by atomic mass is 9.96. The third-order valence-electron chi connectivity index (χ3n) is 5.14. The number of hydrogen-bond acceptors (Lipinski definition) is 3. The molecule has 2 bridgehead atoms. The van der Waals surface area contributed by atoms with Crippen molar-refractivity contribution in [3.05, 3.63) is 53.2 Å². The number of hydrogen-bond donors (Lipinski definition) is 1. The van der Waals surface area contributed by atoms with Crippen LogP contribution in [0.5, 0.6) is 0 Å². The largest absolute Gasteiger partial charge is 0.386 e. The van der Waals surface area contributed by atoms with Crippen LogP contribution in [0.15, 0.2) is 47.1 Å². The number of fused-ring (bicyclic) bond motifs is 2. The summed E-state index contributed by atoms with van der Waals surface area (Å²) in [6, 6.07) is 7.24. The van der Waals surface area contributed by atoms with Crippen molar-refractivity contribution >= 4 is 17.6 Å². The molecule has 1 fully saturated rings. The molecule has 1 aromatic rings. The molecule has 1 N–H and O–H groups in total. The first kappa shape index (κ1) is 21.2. The molecule has 0 aliphatic carbocycles. The summed E-state index contributed by atoms with van der Waals surface area (Å²) in [6.45, 7) is 4.57. The third kappa shape index (κ3) is 4.90.